The number of nitrogens with two attached hydrogens (primary N) is 1. The Balaban J connectivity index is 1.82. The predicted molar refractivity (Wildman–Crippen MR) is 89.4 cm³/mol. The second-order valence-corrected chi connectivity index (χ2v) is 6.98. The third-order valence-electron chi connectivity index (χ3n) is 4.51. The molecular weight excluding hydrogens is 278 g/mol. The molecule has 0 aliphatic heterocycles. The number of thiophene rings is 1. The van der Waals surface area contributed by atoms with Crippen molar-refractivity contribution in [1.29, 1.82) is 0 Å². The Morgan fingerprint density at radius 1 is 1.38 bits per heavy atom. The van der Waals surface area contributed by atoms with Gasteiger partial charge in [0, 0.05) is 16.8 Å². The number of rotatable bonds is 4. The highest BCUT2D eigenvalue weighted by molar-refractivity contribution is 7.10. The molecule has 1 aliphatic rings. The lowest BCUT2D eigenvalue weighted by Crippen LogP contribution is -2.32. The summed E-state index contributed by atoms with van der Waals surface area (Å²) in [5.74, 6) is 1.45. The molecule has 3 heteroatoms. The van der Waals surface area contributed by atoms with Crippen molar-refractivity contribution in [3.8, 4) is 5.75 Å². The van der Waals surface area contributed by atoms with Crippen molar-refractivity contribution in [3.05, 3.63) is 51.2 Å². The van der Waals surface area contributed by atoms with Crippen molar-refractivity contribution in [2.24, 2.45) is 5.73 Å². The largest absolute Gasteiger partial charge is 0.496 e. The molecule has 0 saturated carbocycles. The van der Waals surface area contributed by atoms with Gasteiger partial charge in [-0.05, 0) is 61.2 Å². The van der Waals surface area contributed by atoms with Gasteiger partial charge in [0.25, 0.3) is 0 Å². The summed E-state index contributed by atoms with van der Waals surface area (Å²) in [7, 11) is 1.73. The molecule has 2 aromatic rings. The second-order valence-electron chi connectivity index (χ2n) is 5.98. The van der Waals surface area contributed by atoms with Crippen molar-refractivity contribution in [2.75, 3.05) is 7.11 Å². The van der Waals surface area contributed by atoms with Crippen LogP contribution in [0.15, 0.2) is 29.6 Å². The lowest BCUT2D eigenvalue weighted by molar-refractivity contribution is 0.402. The number of ether oxygens (including phenoxy) is 1. The summed E-state index contributed by atoms with van der Waals surface area (Å²) in [6.45, 7) is 2.12. The van der Waals surface area contributed by atoms with Gasteiger partial charge in [-0.3, -0.25) is 0 Å². The van der Waals surface area contributed by atoms with E-state index in [1.54, 1.807) is 7.11 Å². The van der Waals surface area contributed by atoms with Gasteiger partial charge in [0.15, 0.2) is 0 Å². The SMILES string of the molecule is COc1ccc(C)cc1CC(N)C1CCCc2sccc21. The van der Waals surface area contributed by atoms with E-state index in [0.717, 1.165) is 12.2 Å². The average molecular weight is 301 g/mol. The lowest BCUT2D eigenvalue weighted by atomic mass is 9.80. The highest BCUT2D eigenvalue weighted by atomic mass is 32.1. The van der Waals surface area contributed by atoms with Gasteiger partial charge in [0.2, 0.25) is 0 Å². The number of hydrogen-bond acceptors (Lipinski definition) is 3. The van der Waals surface area contributed by atoms with E-state index in [0.29, 0.717) is 5.92 Å². The van der Waals surface area contributed by atoms with Gasteiger partial charge in [-0.2, -0.15) is 0 Å². The molecule has 2 atom stereocenters. The first-order valence-electron chi connectivity index (χ1n) is 7.64. The van der Waals surface area contributed by atoms with E-state index in [1.807, 2.05) is 17.4 Å². The minimum atomic E-state index is 0.161. The average Bonchev–Trinajstić information content (AvgIpc) is 2.95. The van der Waals surface area contributed by atoms with Crippen molar-refractivity contribution >= 4 is 11.3 Å². The Labute approximate surface area is 130 Å². The molecule has 1 heterocycles. The maximum absolute atomic E-state index is 6.58. The first kappa shape index (κ1) is 14.6. The zero-order chi connectivity index (χ0) is 14.8. The van der Waals surface area contributed by atoms with Gasteiger partial charge >= 0.3 is 0 Å². The minimum absolute atomic E-state index is 0.161. The first-order valence-corrected chi connectivity index (χ1v) is 8.52. The van der Waals surface area contributed by atoms with Crippen molar-refractivity contribution in [3.63, 3.8) is 0 Å². The molecular formula is C18H23NOS. The van der Waals surface area contributed by atoms with Crippen LogP contribution < -0.4 is 10.5 Å². The Bertz CT molecular complexity index is 619. The van der Waals surface area contributed by atoms with Crippen LogP contribution in [0.5, 0.6) is 5.75 Å². The summed E-state index contributed by atoms with van der Waals surface area (Å²) >= 11 is 1.88. The van der Waals surface area contributed by atoms with Gasteiger partial charge in [-0.15, -0.1) is 11.3 Å². The number of aryl methyl sites for hydroxylation is 2. The van der Waals surface area contributed by atoms with E-state index >= 15 is 0 Å². The fourth-order valence-corrected chi connectivity index (χ4v) is 4.43. The van der Waals surface area contributed by atoms with Crippen LogP contribution in [0.2, 0.25) is 0 Å². The molecule has 1 aliphatic carbocycles. The minimum Gasteiger partial charge on any atom is -0.496 e. The van der Waals surface area contributed by atoms with Crippen LogP contribution in [0.25, 0.3) is 0 Å². The van der Waals surface area contributed by atoms with Gasteiger partial charge in [0.05, 0.1) is 7.11 Å². The highest BCUT2D eigenvalue weighted by Crippen LogP contribution is 2.37. The van der Waals surface area contributed by atoms with E-state index in [4.69, 9.17) is 10.5 Å². The quantitative estimate of drug-likeness (QED) is 0.924. The van der Waals surface area contributed by atoms with Crippen LogP contribution >= 0.6 is 11.3 Å². The molecule has 1 aromatic carbocycles. The van der Waals surface area contributed by atoms with E-state index in [9.17, 15) is 0 Å². The van der Waals surface area contributed by atoms with E-state index in [2.05, 4.69) is 30.5 Å². The van der Waals surface area contributed by atoms with Crippen LogP contribution in [0, 0.1) is 6.92 Å². The molecule has 2 unspecified atom stereocenters. The summed E-state index contributed by atoms with van der Waals surface area (Å²) < 4.78 is 5.49. The van der Waals surface area contributed by atoms with Crippen LogP contribution in [-0.4, -0.2) is 13.2 Å². The zero-order valence-electron chi connectivity index (χ0n) is 12.8. The molecule has 21 heavy (non-hydrogen) atoms. The zero-order valence-corrected chi connectivity index (χ0v) is 13.6. The van der Waals surface area contributed by atoms with Crippen LogP contribution in [-0.2, 0) is 12.8 Å². The fourth-order valence-electron chi connectivity index (χ4n) is 3.43. The molecule has 0 spiro atoms. The summed E-state index contributed by atoms with van der Waals surface area (Å²) in [5.41, 5.74) is 10.6. The van der Waals surface area contributed by atoms with Crippen molar-refractivity contribution in [2.45, 2.75) is 44.6 Å². The third kappa shape index (κ3) is 2.99. The van der Waals surface area contributed by atoms with Gasteiger partial charge in [-0.25, -0.2) is 0 Å². The Morgan fingerprint density at radius 3 is 3.05 bits per heavy atom. The number of methoxy groups -OCH3 is 1. The fraction of sp³-hybridized carbons (Fsp3) is 0.444. The monoisotopic (exact) mass is 301 g/mol. The van der Waals surface area contributed by atoms with Crippen LogP contribution in [0.1, 0.15) is 40.3 Å². The first-order chi connectivity index (χ1) is 10.2. The van der Waals surface area contributed by atoms with E-state index < -0.39 is 0 Å². The molecule has 1 aromatic heterocycles. The molecule has 0 fully saturated rings. The Kier molecular flexibility index (Phi) is 4.32. The molecule has 2 nitrogen and oxygen atoms in total. The maximum atomic E-state index is 6.58. The van der Waals surface area contributed by atoms with Crippen molar-refractivity contribution < 1.29 is 4.74 Å². The van der Waals surface area contributed by atoms with E-state index in [1.165, 1.54) is 40.8 Å². The topological polar surface area (TPSA) is 35.2 Å². The molecule has 2 N–H and O–H groups in total. The normalized spacial score (nSPS) is 19.1. The Morgan fingerprint density at radius 2 is 2.24 bits per heavy atom. The third-order valence-corrected chi connectivity index (χ3v) is 5.50. The molecule has 112 valence electrons. The lowest BCUT2D eigenvalue weighted by Gasteiger charge is -2.28. The van der Waals surface area contributed by atoms with Gasteiger partial charge in [0.1, 0.15) is 5.75 Å². The van der Waals surface area contributed by atoms with Crippen molar-refractivity contribution in [1.82, 2.24) is 0 Å². The number of fused-ring (bicyclic) bond motifs is 1. The standard InChI is InChI=1S/C18H23NOS/c1-12-6-7-17(20-2)13(10-12)11-16(19)14-4-3-5-18-15(14)8-9-21-18/h6-10,14,16H,3-5,11,19H2,1-2H3. The molecule has 3 rings (SSSR count). The molecule has 0 saturated heterocycles. The van der Waals surface area contributed by atoms with Gasteiger partial charge < -0.3 is 10.5 Å². The number of hydrogen-bond donors (Lipinski definition) is 1. The maximum Gasteiger partial charge on any atom is 0.122 e. The smallest absolute Gasteiger partial charge is 0.122 e. The predicted octanol–water partition coefficient (Wildman–Crippen LogP) is 4.06. The summed E-state index contributed by atoms with van der Waals surface area (Å²) in [6.07, 6.45) is 4.57. The number of benzene rings is 1. The molecule has 0 bridgehead atoms. The highest BCUT2D eigenvalue weighted by Gasteiger charge is 2.27. The van der Waals surface area contributed by atoms with Crippen LogP contribution in [0.4, 0.5) is 0 Å². The van der Waals surface area contributed by atoms with E-state index in [-0.39, 0.29) is 6.04 Å². The molecule has 0 radical (unpaired) electrons. The van der Waals surface area contributed by atoms with Gasteiger partial charge in [-0.1, -0.05) is 17.7 Å². The van der Waals surface area contributed by atoms with Crippen LogP contribution in [0.3, 0.4) is 0 Å². The summed E-state index contributed by atoms with van der Waals surface area (Å²) in [5, 5.41) is 2.21. The summed E-state index contributed by atoms with van der Waals surface area (Å²) in [6, 6.07) is 8.78. The second kappa shape index (κ2) is 6.20. The Hall–Kier alpha value is -1.32. The summed E-state index contributed by atoms with van der Waals surface area (Å²) in [4.78, 5) is 1.54. The molecule has 0 amide bonds.